The monoisotopic (exact) mass is 378 g/mol. The van der Waals surface area contributed by atoms with Crippen molar-refractivity contribution in [2.45, 2.75) is 51.4 Å². The second-order valence-electron chi connectivity index (χ2n) is 5.76. The minimum absolute atomic E-state index is 0.338. The maximum absolute atomic E-state index is 12.5. The third-order valence-electron chi connectivity index (χ3n) is 3.11. The molecule has 10 heteroatoms. The van der Waals surface area contributed by atoms with E-state index in [-0.39, 0.29) is 6.61 Å². The van der Waals surface area contributed by atoms with Crippen molar-refractivity contribution in [2.75, 3.05) is 12.4 Å². The largest absolute Gasteiger partial charge is 0.456 e. The second kappa shape index (κ2) is 8.43. The second-order valence-corrected chi connectivity index (χ2v) is 7.84. The Bertz CT molecular complexity index is 652. The zero-order valence-electron chi connectivity index (χ0n) is 14.5. The highest BCUT2D eigenvalue weighted by molar-refractivity contribution is 7.92. The van der Waals surface area contributed by atoms with Gasteiger partial charge < -0.3 is 18.9 Å². The lowest BCUT2D eigenvalue weighted by Gasteiger charge is -2.40. The molecule has 0 bridgehead atoms. The Hall–Kier alpha value is -1.94. The number of hydrogen-bond acceptors (Lipinski definition) is 9. The molecule has 1 saturated heterocycles. The maximum atomic E-state index is 12.5. The molecule has 142 valence electrons. The van der Waals surface area contributed by atoms with Crippen molar-refractivity contribution in [2.24, 2.45) is 0 Å². The van der Waals surface area contributed by atoms with Crippen LogP contribution in [0.4, 0.5) is 0 Å². The lowest BCUT2D eigenvalue weighted by molar-refractivity contribution is -0.214. The van der Waals surface area contributed by atoms with Gasteiger partial charge in [0.2, 0.25) is 0 Å². The van der Waals surface area contributed by atoms with Crippen LogP contribution in [0.1, 0.15) is 27.7 Å². The van der Waals surface area contributed by atoms with E-state index < -0.39 is 57.2 Å². The highest BCUT2D eigenvalue weighted by Gasteiger charge is 2.51. The molecule has 4 atom stereocenters. The van der Waals surface area contributed by atoms with E-state index in [1.54, 1.807) is 0 Å². The number of rotatable bonds is 6. The molecular formula is C15H22O9S. The smallest absolute Gasteiger partial charge is 0.303 e. The summed E-state index contributed by atoms with van der Waals surface area (Å²) in [5, 5.41) is 0. The van der Waals surface area contributed by atoms with Crippen molar-refractivity contribution in [3.63, 3.8) is 0 Å². The van der Waals surface area contributed by atoms with Gasteiger partial charge in [0.05, 0.1) is 12.4 Å². The van der Waals surface area contributed by atoms with E-state index in [1.165, 1.54) is 6.92 Å². The van der Waals surface area contributed by atoms with Crippen molar-refractivity contribution in [3.8, 4) is 0 Å². The fraction of sp³-hybridized carbons (Fsp3) is 0.667. The number of esters is 3. The molecule has 0 aromatic heterocycles. The zero-order valence-corrected chi connectivity index (χ0v) is 15.3. The summed E-state index contributed by atoms with van der Waals surface area (Å²) in [6, 6.07) is 0. The van der Waals surface area contributed by atoms with E-state index in [9.17, 15) is 22.8 Å². The molecule has 4 unspecified atom stereocenters. The van der Waals surface area contributed by atoms with Gasteiger partial charge in [0, 0.05) is 20.8 Å². The standard InChI is InChI=1S/C15H22O9S/c1-8(2)7-25(19,20)15-14(24-11(5)18)13(23-10(4)17)12(6-21-15)22-9(3)16/h12-15H,1,6-7H2,2-5H3. The number of carbonyl (C=O) groups excluding carboxylic acids is 3. The minimum Gasteiger partial charge on any atom is -0.456 e. The van der Waals surface area contributed by atoms with Crippen molar-refractivity contribution >= 4 is 27.7 Å². The summed E-state index contributed by atoms with van der Waals surface area (Å²) in [6.07, 6.45) is -3.91. The molecular weight excluding hydrogens is 356 g/mol. The van der Waals surface area contributed by atoms with Crippen LogP contribution in [0.25, 0.3) is 0 Å². The minimum atomic E-state index is -3.93. The number of sulfone groups is 1. The Labute approximate surface area is 146 Å². The fourth-order valence-corrected chi connectivity index (χ4v) is 4.20. The predicted molar refractivity (Wildman–Crippen MR) is 85.0 cm³/mol. The topological polar surface area (TPSA) is 122 Å². The van der Waals surface area contributed by atoms with Crippen molar-refractivity contribution in [1.82, 2.24) is 0 Å². The molecule has 25 heavy (non-hydrogen) atoms. The maximum Gasteiger partial charge on any atom is 0.303 e. The fourth-order valence-electron chi connectivity index (χ4n) is 2.44. The van der Waals surface area contributed by atoms with Crippen LogP contribution in [0, 0.1) is 0 Å². The Morgan fingerprint density at radius 2 is 1.44 bits per heavy atom. The summed E-state index contributed by atoms with van der Waals surface area (Å²) in [5.74, 6) is -2.64. The molecule has 0 aliphatic carbocycles. The highest BCUT2D eigenvalue weighted by Crippen LogP contribution is 2.28. The Kier molecular flexibility index (Phi) is 7.12. The first kappa shape index (κ1) is 21.1. The van der Waals surface area contributed by atoms with Gasteiger partial charge >= 0.3 is 17.9 Å². The summed E-state index contributed by atoms with van der Waals surface area (Å²) < 4.78 is 45.5. The quantitative estimate of drug-likeness (QED) is 0.360. The Morgan fingerprint density at radius 3 is 1.88 bits per heavy atom. The first-order valence-electron chi connectivity index (χ1n) is 7.43. The molecule has 1 rings (SSSR count). The van der Waals surface area contributed by atoms with Crippen LogP contribution in [0.5, 0.6) is 0 Å². The molecule has 1 aliphatic rings. The van der Waals surface area contributed by atoms with Gasteiger partial charge in [0.15, 0.2) is 33.6 Å². The summed E-state index contributed by atoms with van der Waals surface area (Å²) in [6.45, 7) is 8.03. The zero-order chi connectivity index (χ0) is 19.4. The van der Waals surface area contributed by atoms with Gasteiger partial charge in [0.1, 0.15) is 0 Å². The molecule has 0 spiro atoms. The van der Waals surface area contributed by atoms with Crippen molar-refractivity contribution in [1.29, 1.82) is 0 Å². The molecule has 0 amide bonds. The molecule has 1 fully saturated rings. The third-order valence-corrected chi connectivity index (χ3v) is 5.11. The highest BCUT2D eigenvalue weighted by atomic mass is 32.2. The molecule has 0 saturated carbocycles. The lowest BCUT2D eigenvalue weighted by atomic mass is 10.1. The molecule has 1 aliphatic heterocycles. The van der Waals surface area contributed by atoms with Gasteiger partial charge in [-0.1, -0.05) is 12.2 Å². The van der Waals surface area contributed by atoms with E-state index in [4.69, 9.17) is 18.9 Å². The molecule has 0 radical (unpaired) electrons. The van der Waals surface area contributed by atoms with Crippen molar-refractivity contribution < 1.29 is 41.7 Å². The average Bonchev–Trinajstić information content (AvgIpc) is 2.38. The van der Waals surface area contributed by atoms with Gasteiger partial charge in [-0.05, 0) is 6.92 Å². The summed E-state index contributed by atoms with van der Waals surface area (Å²) in [4.78, 5) is 34.1. The van der Waals surface area contributed by atoms with Crippen LogP contribution >= 0.6 is 0 Å². The Morgan fingerprint density at radius 1 is 0.960 bits per heavy atom. The lowest BCUT2D eigenvalue weighted by Crippen LogP contribution is -2.59. The first-order valence-corrected chi connectivity index (χ1v) is 9.14. The molecule has 0 aromatic rings. The SMILES string of the molecule is C=C(C)CS(=O)(=O)C1OCC(OC(C)=O)C(OC(C)=O)C1OC(C)=O. The van der Waals surface area contributed by atoms with E-state index in [1.807, 2.05) is 0 Å². The predicted octanol–water partition coefficient (Wildman–Crippen LogP) is 0.129. The summed E-state index contributed by atoms with van der Waals surface area (Å²) in [5.41, 5.74) is -1.22. The van der Waals surface area contributed by atoms with Crippen LogP contribution in [-0.4, -0.2) is 62.4 Å². The van der Waals surface area contributed by atoms with Crippen LogP contribution in [0.15, 0.2) is 12.2 Å². The number of hydrogen-bond donors (Lipinski definition) is 0. The third kappa shape index (κ3) is 6.13. The van der Waals surface area contributed by atoms with Crippen LogP contribution in [-0.2, 0) is 43.2 Å². The van der Waals surface area contributed by atoms with Gasteiger partial charge in [-0.25, -0.2) is 8.42 Å². The van der Waals surface area contributed by atoms with Gasteiger partial charge in [-0.15, -0.1) is 0 Å². The Balaban J connectivity index is 3.26. The van der Waals surface area contributed by atoms with Crippen LogP contribution in [0.2, 0.25) is 0 Å². The van der Waals surface area contributed by atoms with Gasteiger partial charge in [0.25, 0.3) is 0 Å². The number of ether oxygens (including phenoxy) is 4. The molecule has 0 aromatic carbocycles. The van der Waals surface area contributed by atoms with Gasteiger partial charge in [-0.3, -0.25) is 14.4 Å². The van der Waals surface area contributed by atoms with E-state index in [2.05, 4.69) is 6.58 Å². The van der Waals surface area contributed by atoms with E-state index in [0.717, 1.165) is 20.8 Å². The van der Waals surface area contributed by atoms with Gasteiger partial charge in [-0.2, -0.15) is 0 Å². The van der Waals surface area contributed by atoms with Crippen molar-refractivity contribution in [3.05, 3.63) is 12.2 Å². The molecule has 1 heterocycles. The molecule has 0 N–H and O–H groups in total. The first-order chi connectivity index (χ1) is 11.4. The van der Waals surface area contributed by atoms with Crippen LogP contribution < -0.4 is 0 Å². The number of carbonyl (C=O) groups is 3. The van der Waals surface area contributed by atoms with Crippen LogP contribution in [0.3, 0.4) is 0 Å². The summed E-state index contributed by atoms with van der Waals surface area (Å²) >= 11 is 0. The molecule has 9 nitrogen and oxygen atoms in total. The van der Waals surface area contributed by atoms with E-state index >= 15 is 0 Å². The average molecular weight is 378 g/mol. The normalized spacial score (nSPS) is 26.4. The summed E-state index contributed by atoms with van der Waals surface area (Å²) in [7, 11) is -3.93. The van der Waals surface area contributed by atoms with E-state index in [0.29, 0.717) is 5.57 Å².